The van der Waals surface area contributed by atoms with Gasteiger partial charge >= 0.3 is 0 Å². The highest BCUT2D eigenvalue weighted by molar-refractivity contribution is 5.88. The number of carbonyl (C=O) groups is 2. The fraction of sp³-hybridized carbons (Fsp3) is 0.481. The lowest BCUT2D eigenvalue weighted by molar-refractivity contribution is -0.142. The van der Waals surface area contributed by atoms with Gasteiger partial charge in [-0.05, 0) is 69.4 Å². The van der Waals surface area contributed by atoms with Crippen LogP contribution in [0.3, 0.4) is 0 Å². The first-order valence-corrected chi connectivity index (χ1v) is 11.7. The van der Waals surface area contributed by atoms with Crippen LogP contribution in [0, 0.1) is 6.92 Å². The fourth-order valence-corrected chi connectivity index (χ4v) is 3.98. The van der Waals surface area contributed by atoms with Crippen LogP contribution < -0.4 is 14.8 Å². The number of aryl methyl sites for hydroxylation is 2. The van der Waals surface area contributed by atoms with Crippen molar-refractivity contribution in [2.45, 2.75) is 72.0 Å². The minimum atomic E-state index is -0.531. The molecule has 0 fully saturated rings. The smallest absolute Gasteiger partial charge is 0.243 e. The summed E-state index contributed by atoms with van der Waals surface area (Å²) in [5.41, 5.74) is 2.80. The van der Waals surface area contributed by atoms with Crippen molar-refractivity contribution in [1.82, 2.24) is 10.2 Å². The Bertz CT molecular complexity index is 980. The third-order valence-electron chi connectivity index (χ3n) is 5.72. The van der Waals surface area contributed by atoms with Gasteiger partial charge in [0, 0.05) is 18.5 Å². The highest BCUT2D eigenvalue weighted by atomic mass is 16.6. The normalized spacial score (nSPS) is 13.8. The molecule has 1 aliphatic heterocycles. The summed E-state index contributed by atoms with van der Waals surface area (Å²) in [5.74, 6) is 1.30. The second-order valence-corrected chi connectivity index (χ2v) is 9.59. The van der Waals surface area contributed by atoms with Gasteiger partial charge in [0.2, 0.25) is 11.8 Å². The zero-order valence-corrected chi connectivity index (χ0v) is 20.4. The molecule has 0 spiro atoms. The van der Waals surface area contributed by atoms with Gasteiger partial charge in [0.25, 0.3) is 0 Å². The van der Waals surface area contributed by atoms with E-state index in [0.29, 0.717) is 39.0 Å². The molecule has 2 aromatic rings. The molecule has 1 N–H and O–H groups in total. The lowest BCUT2D eigenvalue weighted by Crippen LogP contribution is -2.53. The number of carbonyl (C=O) groups excluding carboxylic acids is 2. The van der Waals surface area contributed by atoms with Crippen LogP contribution in [-0.2, 0) is 22.6 Å². The van der Waals surface area contributed by atoms with Crippen molar-refractivity contribution in [1.29, 1.82) is 0 Å². The number of hydrogen-bond acceptors (Lipinski definition) is 4. The maximum Gasteiger partial charge on any atom is 0.243 e. The monoisotopic (exact) mass is 452 g/mol. The van der Waals surface area contributed by atoms with Crippen molar-refractivity contribution >= 4 is 11.8 Å². The largest absolute Gasteiger partial charge is 0.486 e. The molecule has 6 heteroatoms. The number of rotatable bonds is 8. The topological polar surface area (TPSA) is 67.9 Å². The van der Waals surface area contributed by atoms with E-state index in [2.05, 4.69) is 5.32 Å². The Morgan fingerprint density at radius 3 is 2.42 bits per heavy atom. The van der Waals surface area contributed by atoms with Crippen LogP contribution in [0.1, 0.15) is 57.2 Å². The first-order chi connectivity index (χ1) is 15.7. The SMILES string of the molecule is CC[C@H](C(=O)NC(C)(C)C)N(Cc1ccccc1C)C(=O)CCc1ccc2c(c1)OCCO2. The van der Waals surface area contributed by atoms with Gasteiger partial charge < -0.3 is 19.7 Å². The Morgan fingerprint density at radius 2 is 1.76 bits per heavy atom. The average molecular weight is 453 g/mol. The summed E-state index contributed by atoms with van der Waals surface area (Å²) in [4.78, 5) is 28.3. The number of hydrogen-bond donors (Lipinski definition) is 1. The quantitative estimate of drug-likeness (QED) is 0.644. The Balaban J connectivity index is 1.79. The number of benzene rings is 2. The lowest BCUT2D eigenvalue weighted by atomic mass is 10.0. The van der Waals surface area contributed by atoms with Gasteiger partial charge in [-0.2, -0.15) is 0 Å². The summed E-state index contributed by atoms with van der Waals surface area (Å²) in [5, 5.41) is 3.05. The average Bonchev–Trinajstić information content (AvgIpc) is 2.77. The van der Waals surface area contributed by atoms with Crippen molar-refractivity contribution in [3.05, 3.63) is 59.2 Å². The molecule has 3 rings (SSSR count). The third kappa shape index (κ3) is 6.73. The van der Waals surface area contributed by atoms with Gasteiger partial charge in [-0.25, -0.2) is 0 Å². The van der Waals surface area contributed by atoms with Crippen molar-refractivity contribution in [3.63, 3.8) is 0 Å². The molecule has 1 atom stereocenters. The molecular weight excluding hydrogens is 416 g/mol. The Morgan fingerprint density at radius 1 is 1.06 bits per heavy atom. The maximum atomic E-state index is 13.5. The predicted molar refractivity (Wildman–Crippen MR) is 129 cm³/mol. The summed E-state index contributed by atoms with van der Waals surface area (Å²) in [6, 6.07) is 13.3. The number of fused-ring (bicyclic) bond motifs is 1. The van der Waals surface area contributed by atoms with Gasteiger partial charge in [0.15, 0.2) is 11.5 Å². The van der Waals surface area contributed by atoms with Crippen molar-refractivity contribution in [2.24, 2.45) is 0 Å². The molecule has 0 aliphatic carbocycles. The molecule has 0 saturated heterocycles. The van der Waals surface area contributed by atoms with E-state index in [1.165, 1.54) is 0 Å². The second kappa shape index (κ2) is 10.7. The van der Waals surface area contributed by atoms with Gasteiger partial charge in [-0.1, -0.05) is 37.3 Å². The van der Waals surface area contributed by atoms with Crippen molar-refractivity contribution in [2.75, 3.05) is 13.2 Å². The lowest BCUT2D eigenvalue weighted by Gasteiger charge is -2.33. The minimum Gasteiger partial charge on any atom is -0.486 e. The number of ether oxygens (including phenoxy) is 2. The van der Waals surface area contributed by atoms with Gasteiger partial charge in [-0.15, -0.1) is 0 Å². The number of amides is 2. The number of nitrogens with zero attached hydrogens (tertiary/aromatic N) is 1. The molecule has 0 unspecified atom stereocenters. The van der Waals surface area contributed by atoms with Gasteiger partial charge in [-0.3, -0.25) is 9.59 Å². The zero-order chi connectivity index (χ0) is 24.0. The standard InChI is InChI=1S/C27H36N2O4/c1-6-22(26(31)28-27(3,4)5)29(18-21-10-8-7-9-19(21)2)25(30)14-12-20-11-13-23-24(17-20)33-16-15-32-23/h7-11,13,17,22H,6,12,14-16,18H2,1-5H3,(H,28,31)/t22-/m1/s1. The molecule has 178 valence electrons. The van der Waals surface area contributed by atoms with Gasteiger partial charge in [0.1, 0.15) is 19.3 Å². The van der Waals surface area contributed by atoms with Crippen molar-refractivity contribution in [3.8, 4) is 11.5 Å². The second-order valence-electron chi connectivity index (χ2n) is 9.59. The molecular formula is C27H36N2O4. The number of nitrogens with one attached hydrogen (secondary N) is 1. The Hall–Kier alpha value is -3.02. The summed E-state index contributed by atoms with van der Waals surface area (Å²) in [6.07, 6.45) is 1.42. The summed E-state index contributed by atoms with van der Waals surface area (Å²) < 4.78 is 11.3. The molecule has 6 nitrogen and oxygen atoms in total. The van der Waals surface area contributed by atoms with Crippen LogP contribution in [0.15, 0.2) is 42.5 Å². The van der Waals surface area contributed by atoms with Gasteiger partial charge in [0.05, 0.1) is 0 Å². The highest BCUT2D eigenvalue weighted by Crippen LogP contribution is 2.31. The molecule has 1 heterocycles. The van der Waals surface area contributed by atoms with E-state index in [1.54, 1.807) is 4.90 Å². The summed E-state index contributed by atoms with van der Waals surface area (Å²) in [6.45, 7) is 11.3. The Kier molecular flexibility index (Phi) is 8.01. The van der Waals surface area contributed by atoms with Crippen LogP contribution in [0.5, 0.6) is 11.5 Å². The maximum absolute atomic E-state index is 13.5. The molecule has 0 aromatic heterocycles. The van der Waals surface area contributed by atoms with Crippen LogP contribution >= 0.6 is 0 Å². The van der Waals surface area contributed by atoms with E-state index in [9.17, 15) is 9.59 Å². The van der Waals surface area contributed by atoms with Crippen LogP contribution in [0.4, 0.5) is 0 Å². The molecule has 1 aliphatic rings. The van der Waals surface area contributed by atoms with E-state index in [0.717, 1.165) is 28.2 Å². The van der Waals surface area contributed by atoms with E-state index >= 15 is 0 Å². The van der Waals surface area contributed by atoms with Crippen LogP contribution in [0.2, 0.25) is 0 Å². The first-order valence-electron chi connectivity index (χ1n) is 11.7. The Labute approximate surface area is 197 Å². The zero-order valence-electron chi connectivity index (χ0n) is 20.4. The van der Waals surface area contributed by atoms with Crippen molar-refractivity contribution < 1.29 is 19.1 Å². The van der Waals surface area contributed by atoms with E-state index in [4.69, 9.17) is 9.47 Å². The summed E-state index contributed by atoms with van der Waals surface area (Å²) >= 11 is 0. The molecule has 0 bridgehead atoms. The molecule has 0 radical (unpaired) electrons. The fourth-order valence-electron chi connectivity index (χ4n) is 3.98. The minimum absolute atomic E-state index is 0.0379. The third-order valence-corrected chi connectivity index (χ3v) is 5.72. The van der Waals surface area contributed by atoms with Crippen LogP contribution in [0.25, 0.3) is 0 Å². The van der Waals surface area contributed by atoms with E-state index < -0.39 is 6.04 Å². The van der Waals surface area contributed by atoms with E-state index in [1.807, 2.05) is 77.1 Å². The molecule has 2 amide bonds. The molecule has 0 saturated carbocycles. The predicted octanol–water partition coefficient (Wildman–Crippen LogP) is 4.42. The molecule has 2 aromatic carbocycles. The van der Waals surface area contributed by atoms with E-state index in [-0.39, 0.29) is 17.4 Å². The first kappa shape index (κ1) is 24.6. The highest BCUT2D eigenvalue weighted by Gasteiger charge is 2.30. The van der Waals surface area contributed by atoms with Crippen LogP contribution in [-0.4, -0.2) is 41.5 Å². The molecule has 33 heavy (non-hydrogen) atoms. The summed E-state index contributed by atoms with van der Waals surface area (Å²) in [7, 11) is 0.